The van der Waals surface area contributed by atoms with Crippen LogP contribution in [0.3, 0.4) is 0 Å². The monoisotopic (exact) mass is 239 g/mol. The van der Waals surface area contributed by atoms with E-state index in [1.54, 1.807) is 12.1 Å². The topological polar surface area (TPSA) is 32.3 Å². The van der Waals surface area contributed by atoms with Gasteiger partial charge in [-0.25, -0.2) is 0 Å². The van der Waals surface area contributed by atoms with Gasteiger partial charge in [-0.15, -0.1) is 0 Å². The fraction of sp³-hybridized carbons (Fsp3) is 0.538. The van der Waals surface area contributed by atoms with Crippen molar-refractivity contribution in [1.82, 2.24) is 5.32 Å². The van der Waals surface area contributed by atoms with Crippen molar-refractivity contribution in [1.29, 1.82) is 0 Å². The summed E-state index contributed by atoms with van der Waals surface area (Å²) in [6.45, 7) is 3.24. The number of hydrogen-bond acceptors (Lipinski definition) is 3. The summed E-state index contributed by atoms with van der Waals surface area (Å²) in [5, 5.41) is 12.8. The summed E-state index contributed by atoms with van der Waals surface area (Å²) in [6.07, 6.45) is 4.41. The highest BCUT2D eigenvalue weighted by Gasteiger charge is 2.07. The molecule has 0 bridgehead atoms. The quantitative estimate of drug-likeness (QED) is 0.717. The van der Waals surface area contributed by atoms with E-state index in [2.05, 4.69) is 18.5 Å². The van der Waals surface area contributed by atoms with Gasteiger partial charge >= 0.3 is 0 Å². The molecule has 0 saturated carbocycles. The molecule has 0 fully saturated rings. The maximum absolute atomic E-state index is 9.23. The van der Waals surface area contributed by atoms with E-state index in [0.717, 1.165) is 13.0 Å². The molecule has 0 aliphatic heterocycles. The molecule has 2 N–H and O–H groups in total. The lowest BCUT2D eigenvalue weighted by atomic mass is 10.0. The van der Waals surface area contributed by atoms with Gasteiger partial charge in [0.25, 0.3) is 0 Å². The Morgan fingerprint density at radius 2 is 2.00 bits per heavy atom. The van der Waals surface area contributed by atoms with Crippen molar-refractivity contribution >= 4 is 11.8 Å². The van der Waals surface area contributed by atoms with Crippen LogP contribution in [-0.4, -0.2) is 23.7 Å². The predicted molar refractivity (Wildman–Crippen MR) is 72.1 cm³/mol. The second kappa shape index (κ2) is 7.58. The fourth-order valence-electron chi connectivity index (χ4n) is 1.70. The Hall–Kier alpha value is -0.670. The van der Waals surface area contributed by atoms with Gasteiger partial charge in [-0.3, -0.25) is 0 Å². The zero-order chi connectivity index (χ0) is 11.8. The molecule has 1 unspecified atom stereocenters. The van der Waals surface area contributed by atoms with E-state index in [1.165, 1.54) is 17.7 Å². The van der Waals surface area contributed by atoms with E-state index in [1.807, 2.05) is 23.9 Å². The molecule has 1 aromatic rings. The minimum absolute atomic E-state index is 0.334. The molecule has 0 aromatic heterocycles. The molecule has 0 heterocycles. The summed E-state index contributed by atoms with van der Waals surface area (Å²) in [5.74, 6) is 1.54. The average molecular weight is 239 g/mol. The third kappa shape index (κ3) is 4.45. The van der Waals surface area contributed by atoms with Gasteiger partial charge in [0.15, 0.2) is 0 Å². The summed E-state index contributed by atoms with van der Waals surface area (Å²) in [5.41, 5.74) is 1.25. The SMILES string of the molecule is CCC(NCCCSC)c1ccc(O)cc1. The lowest BCUT2D eigenvalue weighted by Crippen LogP contribution is -2.22. The van der Waals surface area contributed by atoms with Crippen LogP contribution in [0.15, 0.2) is 24.3 Å². The first-order valence-electron chi connectivity index (χ1n) is 5.79. The maximum Gasteiger partial charge on any atom is 0.115 e. The van der Waals surface area contributed by atoms with Crippen molar-refractivity contribution in [3.63, 3.8) is 0 Å². The molecule has 2 nitrogen and oxygen atoms in total. The molecule has 1 rings (SSSR count). The zero-order valence-electron chi connectivity index (χ0n) is 10.1. The maximum atomic E-state index is 9.23. The Morgan fingerprint density at radius 1 is 1.31 bits per heavy atom. The van der Waals surface area contributed by atoms with E-state index >= 15 is 0 Å². The van der Waals surface area contributed by atoms with Gasteiger partial charge in [0.2, 0.25) is 0 Å². The van der Waals surface area contributed by atoms with Crippen LogP contribution in [0.4, 0.5) is 0 Å². The number of benzene rings is 1. The van der Waals surface area contributed by atoms with Crippen molar-refractivity contribution in [3.8, 4) is 5.75 Å². The summed E-state index contributed by atoms with van der Waals surface area (Å²) in [7, 11) is 0. The van der Waals surface area contributed by atoms with Crippen molar-refractivity contribution in [2.24, 2.45) is 0 Å². The second-order valence-electron chi connectivity index (χ2n) is 3.85. The van der Waals surface area contributed by atoms with Gasteiger partial charge in [0, 0.05) is 6.04 Å². The molecule has 16 heavy (non-hydrogen) atoms. The van der Waals surface area contributed by atoms with E-state index < -0.39 is 0 Å². The number of phenolic OH excluding ortho intramolecular Hbond substituents is 1. The van der Waals surface area contributed by atoms with Gasteiger partial charge in [-0.2, -0.15) is 11.8 Å². The number of phenols is 1. The first kappa shape index (κ1) is 13.4. The normalized spacial score (nSPS) is 12.6. The fourth-order valence-corrected chi connectivity index (χ4v) is 2.13. The molecule has 0 aliphatic carbocycles. The summed E-state index contributed by atoms with van der Waals surface area (Å²) < 4.78 is 0. The summed E-state index contributed by atoms with van der Waals surface area (Å²) in [6, 6.07) is 7.89. The van der Waals surface area contributed by atoms with Crippen molar-refractivity contribution in [2.45, 2.75) is 25.8 Å². The first-order valence-corrected chi connectivity index (χ1v) is 7.18. The second-order valence-corrected chi connectivity index (χ2v) is 4.84. The number of thioether (sulfide) groups is 1. The smallest absolute Gasteiger partial charge is 0.115 e. The number of aromatic hydroxyl groups is 1. The van der Waals surface area contributed by atoms with E-state index in [4.69, 9.17) is 0 Å². The lowest BCUT2D eigenvalue weighted by Gasteiger charge is -2.17. The molecule has 1 atom stereocenters. The third-order valence-corrected chi connectivity index (χ3v) is 3.32. The van der Waals surface area contributed by atoms with Crippen LogP contribution in [0.1, 0.15) is 31.4 Å². The average Bonchev–Trinajstić information content (AvgIpc) is 2.31. The van der Waals surface area contributed by atoms with Crippen LogP contribution in [0.25, 0.3) is 0 Å². The van der Waals surface area contributed by atoms with Crippen LogP contribution >= 0.6 is 11.8 Å². The molecule has 0 aliphatic rings. The Morgan fingerprint density at radius 3 is 2.56 bits per heavy atom. The number of nitrogens with one attached hydrogen (secondary N) is 1. The molecule has 1 aromatic carbocycles. The van der Waals surface area contributed by atoms with Gasteiger partial charge in [0.1, 0.15) is 5.75 Å². The molecule has 90 valence electrons. The standard InChI is InChI=1S/C13H21NOS/c1-3-13(14-9-4-10-16-2)11-5-7-12(15)8-6-11/h5-8,13-15H,3-4,9-10H2,1-2H3. The van der Waals surface area contributed by atoms with Gasteiger partial charge in [-0.1, -0.05) is 19.1 Å². The Labute approximate surface area is 102 Å². The first-order chi connectivity index (χ1) is 7.77. The lowest BCUT2D eigenvalue weighted by molar-refractivity contribution is 0.473. The highest BCUT2D eigenvalue weighted by Crippen LogP contribution is 2.19. The van der Waals surface area contributed by atoms with Crippen LogP contribution in [-0.2, 0) is 0 Å². The Bertz CT molecular complexity index is 286. The Kier molecular flexibility index (Phi) is 6.34. The largest absolute Gasteiger partial charge is 0.508 e. The van der Waals surface area contributed by atoms with E-state index in [0.29, 0.717) is 11.8 Å². The molecular formula is C13H21NOS. The highest BCUT2D eigenvalue weighted by molar-refractivity contribution is 7.98. The molecule has 3 heteroatoms. The minimum atomic E-state index is 0.334. The number of rotatable bonds is 7. The third-order valence-electron chi connectivity index (χ3n) is 2.62. The van der Waals surface area contributed by atoms with Crippen molar-refractivity contribution in [2.75, 3.05) is 18.6 Å². The minimum Gasteiger partial charge on any atom is -0.508 e. The van der Waals surface area contributed by atoms with Crippen LogP contribution in [0, 0.1) is 0 Å². The van der Waals surface area contributed by atoms with Crippen molar-refractivity contribution < 1.29 is 5.11 Å². The molecule has 0 saturated heterocycles. The van der Waals surface area contributed by atoms with Crippen LogP contribution in [0.2, 0.25) is 0 Å². The molecule has 0 spiro atoms. The summed E-state index contributed by atoms with van der Waals surface area (Å²) >= 11 is 1.89. The van der Waals surface area contributed by atoms with Crippen molar-refractivity contribution in [3.05, 3.63) is 29.8 Å². The highest BCUT2D eigenvalue weighted by atomic mass is 32.2. The van der Waals surface area contributed by atoms with Crippen LogP contribution in [0.5, 0.6) is 5.75 Å². The van der Waals surface area contributed by atoms with Gasteiger partial charge in [0.05, 0.1) is 0 Å². The van der Waals surface area contributed by atoms with Gasteiger partial charge in [-0.05, 0) is 49.1 Å². The summed E-state index contributed by atoms with van der Waals surface area (Å²) in [4.78, 5) is 0. The predicted octanol–water partition coefficient (Wildman–Crippen LogP) is 3.19. The zero-order valence-corrected chi connectivity index (χ0v) is 10.9. The van der Waals surface area contributed by atoms with Crippen LogP contribution < -0.4 is 5.32 Å². The van der Waals surface area contributed by atoms with E-state index in [-0.39, 0.29) is 0 Å². The van der Waals surface area contributed by atoms with Gasteiger partial charge < -0.3 is 10.4 Å². The molecule has 0 amide bonds. The molecule has 0 radical (unpaired) electrons. The van der Waals surface area contributed by atoms with E-state index in [9.17, 15) is 5.11 Å². The number of hydrogen-bond donors (Lipinski definition) is 2. The molecular weight excluding hydrogens is 218 g/mol. The Balaban J connectivity index is 2.44.